The second-order valence-electron chi connectivity index (χ2n) is 2.97. The molecule has 2 unspecified atom stereocenters. The predicted octanol–water partition coefficient (Wildman–Crippen LogP) is -0.694. The van der Waals surface area contributed by atoms with Crippen LogP contribution in [0.3, 0.4) is 0 Å². The minimum Gasteiger partial charge on any atom is -0.395 e. The van der Waals surface area contributed by atoms with Gasteiger partial charge in [-0.2, -0.15) is 0 Å². The fraction of sp³-hybridized carbons (Fsp3) is 1.00. The third-order valence-corrected chi connectivity index (χ3v) is 2.17. The maximum atomic E-state index is 8.76. The van der Waals surface area contributed by atoms with Gasteiger partial charge in [-0.3, -0.25) is 0 Å². The Morgan fingerprint density at radius 1 is 1.50 bits per heavy atom. The van der Waals surface area contributed by atoms with Crippen LogP contribution in [0.15, 0.2) is 0 Å². The van der Waals surface area contributed by atoms with Gasteiger partial charge in [-0.15, -0.1) is 0 Å². The van der Waals surface area contributed by atoms with Crippen LogP contribution in [0.2, 0.25) is 0 Å². The predicted molar refractivity (Wildman–Crippen MR) is 40.7 cm³/mol. The maximum absolute atomic E-state index is 8.76. The summed E-state index contributed by atoms with van der Waals surface area (Å²) in [6, 6.07) is 0.322. The summed E-state index contributed by atoms with van der Waals surface area (Å²) < 4.78 is 0. The summed E-state index contributed by atoms with van der Waals surface area (Å²) in [7, 11) is 0. The first-order valence-corrected chi connectivity index (χ1v) is 3.91. The van der Waals surface area contributed by atoms with E-state index in [1.165, 1.54) is 0 Å². The summed E-state index contributed by atoms with van der Waals surface area (Å²) in [5, 5.41) is 12.0. The van der Waals surface area contributed by atoms with Crippen LogP contribution in [-0.4, -0.2) is 30.8 Å². The molecule has 3 heteroatoms. The van der Waals surface area contributed by atoms with Crippen molar-refractivity contribution in [2.45, 2.75) is 18.9 Å². The van der Waals surface area contributed by atoms with Gasteiger partial charge in [-0.1, -0.05) is 0 Å². The molecule has 0 saturated carbocycles. The number of aliphatic hydroxyl groups is 1. The molecule has 10 heavy (non-hydrogen) atoms. The second kappa shape index (κ2) is 3.91. The zero-order valence-electron chi connectivity index (χ0n) is 6.21. The van der Waals surface area contributed by atoms with Crippen molar-refractivity contribution in [1.82, 2.24) is 5.32 Å². The van der Waals surface area contributed by atoms with Crippen molar-refractivity contribution >= 4 is 0 Å². The highest BCUT2D eigenvalue weighted by molar-refractivity contribution is 4.77. The van der Waals surface area contributed by atoms with E-state index in [-0.39, 0.29) is 6.61 Å². The number of aliphatic hydroxyl groups excluding tert-OH is 1. The van der Waals surface area contributed by atoms with E-state index in [4.69, 9.17) is 10.8 Å². The lowest BCUT2D eigenvalue weighted by atomic mass is 9.95. The van der Waals surface area contributed by atoms with Crippen LogP contribution in [0.4, 0.5) is 0 Å². The molecule has 0 spiro atoms. The van der Waals surface area contributed by atoms with Crippen LogP contribution >= 0.6 is 0 Å². The lowest BCUT2D eigenvalue weighted by Crippen LogP contribution is -2.43. The van der Waals surface area contributed by atoms with Gasteiger partial charge in [-0.05, 0) is 31.8 Å². The van der Waals surface area contributed by atoms with E-state index in [2.05, 4.69) is 5.32 Å². The summed E-state index contributed by atoms with van der Waals surface area (Å²) in [6.07, 6.45) is 2.23. The average Bonchev–Trinajstić information content (AvgIpc) is 2.05. The van der Waals surface area contributed by atoms with Crippen molar-refractivity contribution in [3.63, 3.8) is 0 Å². The van der Waals surface area contributed by atoms with Crippen molar-refractivity contribution in [3.8, 4) is 0 Å². The zero-order valence-corrected chi connectivity index (χ0v) is 6.21. The van der Waals surface area contributed by atoms with Crippen molar-refractivity contribution < 1.29 is 5.11 Å². The Kier molecular flexibility index (Phi) is 3.12. The molecular weight excluding hydrogens is 128 g/mol. The Morgan fingerprint density at radius 3 is 2.70 bits per heavy atom. The molecule has 1 heterocycles. The van der Waals surface area contributed by atoms with Crippen LogP contribution in [0.5, 0.6) is 0 Å². The molecule has 3 nitrogen and oxygen atoms in total. The number of hydrogen-bond donors (Lipinski definition) is 3. The molecule has 0 amide bonds. The SMILES string of the molecule is NCC1CCC(CO)NC1. The van der Waals surface area contributed by atoms with Crippen molar-refractivity contribution in [1.29, 1.82) is 0 Å². The van der Waals surface area contributed by atoms with Gasteiger partial charge in [0.05, 0.1) is 6.61 Å². The molecule has 0 radical (unpaired) electrons. The van der Waals surface area contributed by atoms with E-state index in [0.717, 1.165) is 25.9 Å². The highest BCUT2D eigenvalue weighted by Gasteiger charge is 2.17. The molecule has 1 aliphatic heterocycles. The summed E-state index contributed by atoms with van der Waals surface area (Å²) in [4.78, 5) is 0. The number of nitrogens with one attached hydrogen (secondary N) is 1. The van der Waals surface area contributed by atoms with Crippen LogP contribution < -0.4 is 11.1 Å². The van der Waals surface area contributed by atoms with Crippen LogP contribution in [-0.2, 0) is 0 Å². The number of hydrogen-bond acceptors (Lipinski definition) is 3. The van der Waals surface area contributed by atoms with Crippen LogP contribution in [0, 0.1) is 5.92 Å². The molecule has 1 saturated heterocycles. The first kappa shape index (κ1) is 7.98. The monoisotopic (exact) mass is 144 g/mol. The molecule has 1 rings (SSSR count). The molecule has 4 N–H and O–H groups in total. The first-order chi connectivity index (χ1) is 4.86. The molecule has 0 aromatic carbocycles. The van der Waals surface area contributed by atoms with Gasteiger partial charge >= 0.3 is 0 Å². The van der Waals surface area contributed by atoms with Gasteiger partial charge < -0.3 is 16.2 Å². The Balaban J connectivity index is 2.17. The lowest BCUT2D eigenvalue weighted by Gasteiger charge is -2.27. The van der Waals surface area contributed by atoms with E-state index in [1.54, 1.807) is 0 Å². The van der Waals surface area contributed by atoms with E-state index in [9.17, 15) is 0 Å². The minimum atomic E-state index is 0.261. The third-order valence-electron chi connectivity index (χ3n) is 2.17. The summed E-state index contributed by atoms with van der Waals surface area (Å²) in [5.41, 5.74) is 5.49. The Morgan fingerprint density at radius 2 is 2.30 bits per heavy atom. The molecule has 0 aliphatic carbocycles. The summed E-state index contributed by atoms with van der Waals surface area (Å²) in [5.74, 6) is 0.628. The number of rotatable bonds is 2. The van der Waals surface area contributed by atoms with Gasteiger partial charge in [0.2, 0.25) is 0 Å². The van der Waals surface area contributed by atoms with Crippen LogP contribution in [0.25, 0.3) is 0 Å². The van der Waals surface area contributed by atoms with E-state index >= 15 is 0 Å². The number of nitrogens with two attached hydrogens (primary N) is 1. The molecular formula is C7H16N2O. The van der Waals surface area contributed by atoms with Crippen molar-refractivity contribution in [2.75, 3.05) is 19.7 Å². The largest absolute Gasteiger partial charge is 0.395 e. The third kappa shape index (κ3) is 1.94. The minimum absolute atomic E-state index is 0.261. The summed E-state index contributed by atoms with van der Waals surface area (Å²) >= 11 is 0. The van der Waals surface area contributed by atoms with E-state index < -0.39 is 0 Å². The smallest absolute Gasteiger partial charge is 0.0584 e. The van der Waals surface area contributed by atoms with Crippen molar-refractivity contribution in [3.05, 3.63) is 0 Å². The van der Waals surface area contributed by atoms with Gasteiger partial charge in [0, 0.05) is 6.04 Å². The lowest BCUT2D eigenvalue weighted by molar-refractivity contribution is 0.200. The van der Waals surface area contributed by atoms with Crippen molar-refractivity contribution in [2.24, 2.45) is 11.7 Å². The average molecular weight is 144 g/mol. The normalized spacial score (nSPS) is 34.2. The highest BCUT2D eigenvalue weighted by atomic mass is 16.3. The molecule has 60 valence electrons. The van der Waals surface area contributed by atoms with Crippen LogP contribution in [0.1, 0.15) is 12.8 Å². The highest BCUT2D eigenvalue weighted by Crippen LogP contribution is 2.11. The van der Waals surface area contributed by atoms with Gasteiger partial charge in [0.1, 0.15) is 0 Å². The van der Waals surface area contributed by atoms with Gasteiger partial charge in [-0.25, -0.2) is 0 Å². The Labute approximate surface area is 61.6 Å². The van der Waals surface area contributed by atoms with Gasteiger partial charge in [0.25, 0.3) is 0 Å². The topological polar surface area (TPSA) is 58.3 Å². The second-order valence-corrected chi connectivity index (χ2v) is 2.97. The molecule has 0 bridgehead atoms. The summed E-state index contributed by atoms with van der Waals surface area (Å²) in [6.45, 7) is 2.00. The van der Waals surface area contributed by atoms with Gasteiger partial charge in [0.15, 0.2) is 0 Å². The quantitative estimate of drug-likeness (QED) is 0.480. The Bertz CT molecular complexity index is 77.6. The molecule has 0 aromatic rings. The Hall–Kier alpha value is -0.120. The molecule has 1 aliphatic rings. The maximum Gasteiger partial charge on any atom is 0.0584 e. The standard InChI is InChI=1S/C7H16N2O/c8-3-6-1-2-7(5-10)9-4-6/h6-7,9-10H,1-5,8H2. The fourth-order valence-corrected chi connectivity index (χ4v) is 1.33. The van der Waals surface area contributed by atoms with E-state index in [1.807, 2.05) is 0 Å². The molecule has 1 fully saturated rings. The number of piperidine rings is 1. The fourth-order valence-electron chi connectivity index (χ4n) is 1.33. The van der Waals surface area contributed by atoms with E-state index in [0.29, 0.717) is 12.0 Å². The zero-order chi connectivity index (χ0) is 7.40. The first-order valence-electron chi connectivity index (χ1n) is 3.91. The molecule has 2 atom stereocenters. The molecule has 0 aromatic heterocycles.